The second-order valence-corrected chi connectivity index (χ2v) is 8.64. The SMILES string of the molecule is Cc1cccc(C)c1NC(=O)CCN(Cc1ccccc1Cl)S(C)(=O)=O. The Balaban J connectivity index is 2.06. The summed E-state index contributed by atoms with van der Waals surface area (Å²) in [6, 6.07) is 12.8. The number of benzene rings is 2. The van der Waals surface area contributed by atoms with Crippen molar-refractivity contribution < 1.29 is 13.2 Å². The summed E-state index contributed by atoms with van der Waals surface area (Å²) in [7, 11) is -3.47. The highest BCUT2D eigenvalue weighted by Crippen LogP contribution is 2.21. The summed E-state index contributed by atoms with van der Waals surface area (Å²) in [5.41, 5.74) is 3.41. The number of aryl methyl sites for hydroxylation is 2. The van der Waals surface area contributed by atoms with Gasteiger partial charge in [-0.05, 0) is 36.6 Å². The molecule has 0 aliphatic heterocycles. The normalized spacial score (nSPS) is 11.6. The Kier molecular flexibility index (Phi) is 6.81. The van der Waals surface area contributed by atoms with Crippen LogP contribution in [-0.4, -0.2) is 31.4 Å². The molecule has 0 aliphatic rings. The minimum atomic E-state index is -3.47. The molecule has 26 heavy (non-hydrogen) atoms. The molecule has 0 saturated heterocycles. The molecule has 0 unspecified atom stereocenters. The van der Waals surface area contributed by atoms with E-state index in [9.17, 15) is 13.2 Å². The van der Waals surface area contributed by atoms with Crippen LogP contribution >= 0.6 is 11.6 Å². The number of hydrogen-bond donors (Lipinski definition) is 1. The van der Waals surface area contributed by atoms with Crippen molar-refractivity contribution in [3.8, 4) is 0 Å². The number of anilines is 1. The Bertz CT molecular complexity index is 877. The standard InChI is InChI=1S/C19H23ClN2O3S/c1-14-7-6-8-15(2)19(14)21-18(23)11-12-22(26(3,24)25)13-16-9-4-5-10-17(16)20/h4-10H,11-13H2,1-3H3,(H,21,23). The molecule has 2 aromatic carbocycles. The van der Waals surface area contributed by atoms with Gasteiger partial charge in [0.2, 0.25) is 15.9 Å². The number of amides is 1. The smallest absolute Gasteiger partial charge is 0.225 e. The van der Waals surface area contributed by atoms with Gasteiger partial charge in [-0.1, -0.05) is 48.0 Å². The van der Waals surface area contributed by atoms with E-state index >= 15 is 0 Å². The van der Waals surface area contributed by atoms with Crippen LogP contribution in [0.5, 0.6) is 0 Å². The van der Waals surface area contributed by atoms with E-state index in [-0.39, 0.29) is 25.4 Å². The average molecular weight is 395 g/mol. The highest BCUT2D eigenvalue weighted by molar-refractivity contribution is 7.88. The Morgan fingerprint density at radius 2 is 1.69 bits per heavy atom. The second kappa shape index (κ2) is 8.66. The molecule has 140 valence electrons. The summed E-state index contributed by atoms with van der Waals surface area (Å²) in [6.45, 7) is 4.06. The molecule has 0 aromatic heterocycles. The molecule has 1 N–H and O–H groups in total. The summed E-state index contributed by atoms with van der Waals surface area (Å²) in [5, 5.41) is 3.38. The van der Waals surface area contributed by atoms with Crippen LogP contribution in [0.3, 0.4) is 0 Å². The number of carbonyl (C=O) groups is 1. The quantitative estimate of drug-likeness (QED) is 0.777. The first-order valence-electron chi connectivity index (χ1n) is 8.23. The fraction of sp³-hybridized carbons (Fsp3) is 0.316. The van der Waals surface area contributed by atoms with Crippen LogP contribution in [-0.2, 0) is 21.4 Å². The molecular formula is C19H23ClN2O3S. The van der Waals surface area contributed by atoms with Crippen LogP contribution in [0.2, 0.25) is 5.02 Å². The van der Waals surface area contributed by atoms with Crippen LogP contribution < -0.4 is 5.32 Å². The molecule has 0 fully saturated rings. The zero-order valence-corrected chi connectivity index (χ0v) is 16.7. The first-order valence-corrected chi connectivity index (χ1v) is 10.5. The van der Waals surface area contributed by atoms with E-state index in [2.05, 4.69) is 5.32 Å². The Morgan fingerprint density at radius 1 is 1.08 bits per heavy atom. The van der Waals surface area contributed by atoms with E-state index in [1.54, 1.807) is 24.3 Å². The van der Waals surface area contributed by atoms with Crippen molar-refractivity contribution in [2.24, 2.45) is 0 Å². The lowest BCUT2D eigenvalue weighted by molar-refractivity contribution is -0.116. The monoisotopic (exact) mass is 394 g/mol. The number of sulfonamides is 1. The molecule has 2 rings (SSSR count). The number of rotatable bonds is 7. The van der Waals surface area contributed by atoms with Crippen molar-refractivity contribution >= 4 is 33.2 Å². The fourth-order valence-electron chi connectivity index (χ4n) is 2.62. The van der Waals surface area contributed by atoms with E-state index in [1.165, 1.54) is 4.31 Å². The van der Waals surface area contributed by atoms with E-state index in [0.717, 1.165) is 23.1 Å². The molecule has 5 nitrogen and oxygen atoms in total. The molecular weight excluding hydrogens is 372 g/mol. The van der Waals surface area contributed by atoms with E-state index in [0.29, 0.717) is 10.6 Å². The summed E-state index contributed by atoms with van der Waals surface area (Å²) in [5.74, 6) is -0.227. The zero-order chi connectivity index (χ0) is 19.3. The molecule has 0 spiro atoms. The van der Waals surface area contributed by atoms with Crippen molar-refractivity contribution in [3.05, 3.63) is 64.2 Å². The van der Waals surface area contributed by atoms with Crippen molar-refractivity contribution in [1.82, 2.24) is 4.31 Å². The summed E-state index contributed by atoms with van der Waals surface area (Å²) < 4.78 is 25.4. The van der Waals surface area contributed by atoms with Crippen LogP contribution in [0.25, 0.3) is 0 Å². The van der Waals surface area contributed by atoms with Crippen LogP contribution in [0.15, 0.2) is 42.5 Å². The molecule has 7 heteroatoms. The molecule has 0 radical (unpaired) electrons. The van der Waals surface area contributed by atoms with Crippen molar-refractivity contribution in [2.45, 2.75) is 26.8 Å². The van der Waals surface area contributed by atoms with Crippen LogP contribution in [0, 0.1) is 13.8 Å². The van der Waals surface area contributed by atoms with Gasteiger partial charge in [-0.15, -0.1) is 0 Å². The second-order valence-electron chi connectivity index (χ2n) is 6.25. The van der Waals surface area contributed by atoms with Crippen molar-refractivity contribution in [1.29, 1.82) is 0 Å². The minimum Gasteiger partial charge on any atom is -0.326 e. The maximum atomic E-state index is 12.3. The van der Waals surface area contributed by atoms with Gasteiger partial charge in [-0.25, -0.2) is 8.42 Å². The Morgan fingerprint density at radius 3 is 2.27 bits per heavy atom. The largest absolute Gasteiger partial charge is 0.326 e. The number of nitrogens with zero attached hydrogens (tertiary/aromatic N) is 1. The molecule has 0 bridgehead atoms. The van der Waals surface area contributed by atoms with Gasteiger partial charge in [0, 0.05) is 30.2 Å². The maximum absolute atomic E-state index is 12.3. The highest BCUT2D eigenvalue weighted by atomic mass is 35.5. The van der Waals surface area contributed by atoms with Gasteiger partial charge in [0.05, 0.1) is 6.26 Å². The molecule has 1 amide bonds. The lowest BCUT2D eigenvalue weighted by atomic mass is 10.1. The predicted molar refractivity (Wildman–Crippen MR) is 106 cm³/mol. The fourth-order valence-corrected chi connectivity index (χ4v) is 3.61. The van der Waals surface area contributed by atoms with Gasteiger partial charge < -0.3 is 5.32 Å². The summed E-state index contributed by atoms with van der Waals surface area (Å²) in [4.78, 5) is 12.3. The highest BCUT2D eigenvalue weighted by Gasteiger charge is 2.19. The lowest BCUT2D eigenvalue weighted by Gasteiger charge is -2.20. The van der Waals surface area contributed by atoms with Gasteiger partial charge in [-0.3, -0.25) is 4.79 Å². The molecule has 0 atom stereocenters. The van der Waals surface area contributed by atoms with Gasteiger partial charge in [-0.2, -0.15) is 4.31 Å². The Hall–Kier alpha value is -1.89. The molecule has 0 aliphatic carbocycles. The van der Waals surface area contributed by atoms with E-state index in [1.807, 2.05) is 32.0 Å². The first kappa shape index (κ1) is 20.4. The third-order valence-corrected chi connectivity index (χ3v) is 5.73. The van der Waals surface area contributed by atoms with Crippen molar-refractivity contribution in [3.63, 3.8) is 0 Å². The Labute approximate surface area is 160 Å². The van der Waals surface area contributed by atoms with Crippen LogP contribution in [0.4, 0.5) is 5.69 Å². The average Bonchev–Trinajstić information content (AvgIpc) is 2.55. The third-order valence-electron chi connectivity index (χ3n) is 4.11. The first-order chi connectivity index (χ1) is 12.2. The van der Waals surface area contributed by atoms with Gasteiger partial charge >= 0.3 is 0 Å². The van der Waals surface area contributed by atoms with Crippen LogP contribution in [0.1, 0.15) is 23.1 Å². The lowest BCUT2D eigenvalue weighted by Crippen LogP contribution is -2.32. The number of nitrogens with one attached hydrogen (secondary N) is 1. The zero-order valence-electron chi connectivity index (χ0n) is 15.1. The molecule has 0 saturated carbocycles. The molecule has 0 heterocycles. The van der Waals surface area contributed by atoms with Gasteiger partial charge in [0.25, 0.3) is 0 Å². The van der Waals surface area contributed by atoms with Gasteiger partial charge in [0.15, 0.2) is 0 Å². The summed E-state index contributed by atoms with van der Waals surface area (Å²) in [6.07, 6.45) is 1.19. The number of hydrogen-bond acceptors (Lipinski definition) is 3. The third kappa shape index (κ3) is 5.56. The topological polar surface area (TPSA) is 66.5 Å². The minimum absolute atomic E-state index is 0.0608. The molecule has 2 aromatic rings. The van der Waals surface area contributed by atoms with E-state index in [4.69, 9.17) is 11.6 Å². The maximum Gasteiger partial charge on any atom is 0.225 e. The van der Waals surface area contributed by atoms with Crippen molar-refractivity contribution in [2.75, 3.05) is 18.1 Å². The predicted octanol–water partition coefficient (Wildman–Crippen LogP) is 3.75. The number of carbonyl (C=O) groups excluding carboxylic acids is 1. The number of para-hydroxylation sites is 1. The van der Waals surface area contributed by atoms with Gasteiger partial charge in [0.1, 0.15) is 0 Å². The summed E-state index contributed by atoms with van der Waals surface area (Å²) >= 11 is 6.12. The van der Waals surface area contributed by atoms with E-state index < -0.39 is 10.0 Å². The number of halogens is 1.